The number of amides is 1. The number of aryl methyl sites for hydroxylation is 1. The molecule has 2 aromatic heterocycles. The Morgan fingerprint density at radius 2 is 2.29 bits per heavy atom. The van der Waals surface area contributed by atoms with Gasteiger partial charge in [0.15, 0.2) is 0 Å². The molecule has 0 radical (unpaired) electrons. The lowest BCUT2D eigenvalue weighted by atomic mass is 10.2. The smallest absolute Gasteiger partial charge is 0.244 e. The first kappa shape index (κ1) is 14.1. The summed E-state index contributed by atoms with van der Waals surface area (Å²) >= 11 is 1.64. The SMILES string of the molecule is CCNc1nc(NC2CCN(C)C2=O)c2cc(C)sc2n1. The van der Waals surface area contributed by atoms with Crippen LogP contribution in [0.1, 0.15) is 18.2 Å². The van der Waals surface area contributed by atoms with Crippen LogP contribution in [0.2, 0.25) is 0 Å². The largest absolute Gasteiger partial charge is 0.358 e. The molecule has 0 saturated carbocycles. The van der Waals surface area contributed by atoms with Crippen molar-refractivity contribution in [2.45, 2.75) is 26.3 Å². The van der Waals surface area contributed by atoms with Crippen molar-refractivity contribution >= 4 is 39.2 Å². The van der Waals surface area contributed by atoms with Crippen LogP contribution in [0.5, 0.6) is 0 Å². The zero-order chi connectivity index (χ0) is 15.0. The van der Waals surface area contributed by atoms with Crippen molar-refractivity contribution in [3.8, 4) is 0 Å². The molecule has 0 aliphatic carbocycles. The molecule has 0 aromatic carbocycles. The van der Waals surface area contributed by atoms with Gasteiger partial charge in [0.2, 0.25) is 11.9 Å². The van der Waals surface area contributed by atoms with Gasteiger partial charge < -0.3 is 15.5 Å². The van der Waals surface area contributed by atoms with E-state index >= 15 is 0 Å². The molecule has 112 valence electrons. The number of aromatic nitrogens is 2. The molecule has 1 atom stereocenters. The molecule has 1 aliphatic heterocycles. The molecule has 1 aliphatic rings. The third kappa shape index (κ3) is 2.65. The number of likely N-dealkylation sites (tertiary alicyclic amines) is 1. The average Bonchev–Trinajstić information content (AvgIpc) is 2.96. The van der Waals surface area contributed by atoms with Gasteiger partial charge in [0.1, 0.15) is 16.7 Å². The van der Waals surface area contributed by atoms with Crippen LogP contribution in [-0.4, -0.2) is 47.0 Å². The van der Waals surface area contributed by atoms with Crippen molar-refractivity contribution in [2.24, 2.45) is 0 Å². The normalized spacial score (nSPS) is 18.5. The second-order valence-corrected chi connectivity index (χ2v) is 6.48. The van der Waals surface area contributed by atoms with Crippen LogP contribution in [-0.2, 0) is 4.79 Å². The zero-order valence-corrected chi connectivity index (χ0v) is 13.3. The number of carbonyl (C=O) groups excluding carboxylic acids is 1. The van der Waals surface area contributed by atoms with Crippen molar-refractivity contribution in [1.82, 2.24) is 14.9 Å². The summed E-state index contributed by atoms with van der Waals surface area (Å²) < 4.78 is 0. The fourth-order valence-corrected chi connectivity index (χ4v) is 3.39. The molecule has 3 heterocycles. The molecule has 2 N–H and O–H groups in total. The molecular weight excluding hydrogens is 286 g/mol. The monoisotopic (exact) mass is 305 g/mol. The molecule has 21 heavy (non-hydrogen) atoms. The first-order valence-corrected chi connectivity index (χ1v) is 7.93. The molecule has 3 rings (SSSR count). The Bertz CT molecular complexity index is 683. The Balaban J connectivity index is 1.97. The third-order valence-corrected chi connectivity index (χ3v) is 4.53. The highest BCUT2D eigenvalue weighted by Crippen LogP contribution is 2.30. The highest BCUT2D eigenvalue weighted by molar-refractivity contribution is 7.18. The Hall–Kier alpha value is -1.89. The molecule has 0 spiro atoms. The lowest BCUT2D eigenvalue weighted by molar-refractivity contribution is -0.127. The molecule has 7 heteroatoms. The Morgan fingerprint density at radius 3 is 2.95 bits per heavy atom. The average molecular weight is 305 g/mol. The fraction of sp³-hybridized carbons (Fsp3) is 0.500. The van der Waals surface area contributed by atoms with Gasteiger partial charge in [-0.05, 0) is 26.3 Å². The second kappa shape index (κ2) is 5.48. The van der Waals surface area contributed by atoms with Crippen LogP contribution in [0.3, 0.4) is 0 Å². The van der Waals surface area contributed by atoms with Crippen molar-refractivity contribution in [3.05, 3.63) is 10.9 Å². The summed E-state index contributed by atoms with van der Waals surface area (Å²) in [6.45, 7) is 5.61. The van der Waals surface area contributed by atoms with Crippen molar-refractivity contribution in [1.29, 1.82) is 0 Å². The van der Waals surface area contributed by atoms with Gasteiger partial charge in [-0.15, -0.1) is 11.3 Å². The molecule has 6 nitrogen and oxygen atoms in total. The van der Waals surface area contributed by atoms with E-state index < -0.39 is 0 Å². The lowest BCUT2D eigenvalue weighted by Crippen LogP contribution is -2.31. The highest BCUT2D eigenvalue weighted by atomic mass is 32.1. The Kier molecular flexibility index (Phi) is 3.67. The first-order valence-electron chi connectivity index (χ1n) is 7.12. The number of thiophene rings is 1. The number of hydrogen-bond acceptors (Lipinski definition) is 6. The Labute approximate surface area is 127 Å². The molecule has 1 fully saturated rings. The third-order valence-electron chi connectivity index (χ3n) is 3.59. The summed E-state index contributed by atoms with van der Waals surface area (Å²) in [5, 5.41) is 7.43. The van der Waals surface area contributed by atoms with Crippen LogP contribution >= 0.6 is 11.3 Å². The van der Waals surface area contributed by atoms with E-state index in [2.05, 4.69) is 33.6 Å². The minimum absolute atomic E-state index is 0.124. The summed E-state index contributed by atoms with van der Waals surface area (Å²) in [6.07, 6.45) is 0.806. The van der Waals surface area contributed by atoms with E-state index in [1.165, 1.54) is 4.88 Å². The van der Waals surface area contributed by atoms with Gasteiger partial charge in [-0.3, -0.25) is 4.79 Å². The van der Waals surface area contributed by atoms with E-state index in [4.69, 9.17) is 0 Å². The topological polar surface area (TPSA) is 70.2 Å². The number of nitrogens with one attached hydrogen (secondary N) is 2. The van der Waals surface area contributed by atoms with Gasteiger partial charge in [-0.1, -0.05) is 0 Å². The fourth-order valence-electron chi connectivity index (χ4n) is 2.51. The number of hydrogen-bond donors (Lipinski definition) is 2. The van der Waals surface area contributed by atoms with Gasteiger partial charge in [0.05, 0.1) is 5.39 Å². The first-order chi connectivity index (χ1) is 10.1. The van der Waals surface area contributed by atoms with E-state index in [1.807, 2.05) is 14.0 Å². The zero-order valence-electron chi connectivity index (χ0n) is 12.4. The molecule has 0 bridgehead atoms. The van der Waals surface area contributed by atoms with E-state index in [0.717, 1.165) is 35.5 Å². The summed E-state index contributed by atoms with van der Waals surface area (Å²) in [7, 11) is 1.83. The molecule has 1 amide bonds. The van der Waals surface area contributed by atoms with Crippen molar-refractivity contribution < 1.29 is 4.79 Å². The van der Waals surface area contributed by atoms with E-state index in [9.17, 15) is 4.79 Å². The van der Waals surface area contributed by atoms with Crippen LogP contribution in [0.15, 0.2) is 6.07 Å². The highest BCUT2D eigenvalue weighted by Gasteiger charge is 2.29. The van der Waals surface area contributed by atoms with Crippen LogP contribution < -0.4 is 10.6 Å². The summed E-state index contributed by atoms with van der Waals surface area (Å²) in [6, 6.07) is 1.88. The maximum Gasteiger partial charge on any atom is 0.244 e. The number of rotatable bonds is 4. The molecule has 1 saturated heterocycles. The van der Waals surface area contributed by atoms with Crippen molar-refractivity contribution in [3.63, 3.8) is 0 Å². The number of likely N-dealkylation sites (N-methyl/N-ethyl adjacent to an activating group) is 1. The van der Waals surface area contributed by atoms with E-state index in [1.54, 1.807) is 16.2 Å². The molecular formula is C14H19N5OS. The van der Waals surface area contributed by atoms with E-state index in [-0.39, 0.29) is 11.9 Å². The number of anilines is 2. The summed E-state index contributed by atoms with van der Waals surface area (Å²) in [5.74, 6) is 1.47. The standard InChI is InChI=1S/C14H19N5OS/c1-4-15-14-17-11(9-7-8(2)21-12(9)18-14)16-10-5-6-19(3)13(10)20/h7,10H,4-6H2,1-3H3,(H2,15,16,17,18). The van der Waals surface area contributed by atoms with Crippen LogP contribution in [0.25, 0.3) is 10.2 Å². The van der Waals surface area contributed by atoms with E-state index in [0.29, 0.717) is 5.95 Å². The summed E-state index contributed by atoms with van der Waals surface area (Å²) in [5.41, 5.74) is 0. The predicted octanol–water partition coefficient (Wildman–Crippen LogP) is 2.07. The van der Waals surface area contributed by atoms with Gasteiger partial charge >= 0.3 is 0 Å². The molecule has 1 unspecified atom stereocenters. The van der Waals surface area contributed by atoms with Crippen LogP contribution in [0, 0.1) is 6.92 Å². The van der Waals surface area contributed by atoms with Gasteiger partial charge in [-0.25, -0.2) is 4.98 Å². The number of nitrogens with zero attached hydrogens (tertiary/aromatic N) is 3. The molecule has 2 aromatic rings. The minimum atomic E-state index is -0.192. The number of fused-ring (bicyclic) bond motifs is 1. The maximum absolute atomic E-state index is 12.1. The quantitative estimate of drug-likeness (QED) is 0.905. The second-order valence-electron chi connectivity index (χ2n) is 5.25. The number of carbonyl (C=O) groups is 1. The Morgan fingerprint density at radius 1 is 1.48 bits per heavy atom. The van der Waals surface area contributed by atoms with Crippen molar-refractivity contribution in [2.75, 3.05) is 30.8 Å². The lowest BCUT2D eigenvalue weighted by Gasteiger charge is -2.14. The van der Waals surface area contributed by atoms with Crippen LogP contribution in [0.4, 0.5) is 11.8 Å². The van der Waals surface area contributed by atoms with Gasteiger partial charge in [-0.2, -0.15) is 4.98 Å². The summed E-state index contributed by atoms with van der Waals surface area (Å²) in [4.78, 5) is 25.0. The predicted molar refractivity (Wildman–Crippen MR) is 86.0 cm³/mol. The maximum atomic E-state index is 12.1. The van der Waals surface area contributed by atoms with Gasteiger partial charge in [0, 0.05) is 25.0 Å². The minimum Gasteiger partial charge on any atom is -0.358 e. The van der Waals surface area contributed by atoms with Gasteiger partial charge in [0.25, 0.3) is 0 Å².